The summed E-state index contributed by atoms with van der Waals surface area (Å²) in [6.07, 6.45) is 0. The number of carbonyl (C=O) groups is 1. The maximum absolute atomic E-state index is 11.3. The first-order valence-corrected chi connectivity index (χ1v) is 5.28. The molecule has 0 bridgehead atoms. The first-order chi connectivity index (χ1) is 7.17. The van der Waals surface area contributed by atoms with Gasteiger partial charge in [0.1, 0.15) is 5.75 Å². The summed E-state index contributed by atoms with van der Waals surface area (Å²) < 4.78 is 5.10. The van der Waals surface area contributed by atoms with Crippen LogP contribution in [0.3, 0.4) is 0 Å². The number of amides is 1. The number of hydrogen-bond acceptors (Lipinski definition) is 3. The van der Waals surface area contributed by atoms with E-state index in [1.165, 1.54) is 0 Å². The van der Waals surface area contributed by atoms with Gasteiger partial charge in [0.05, 0.1) is 12.9 Å². The lowest BCUT2D eigenvalue weighted by Crippen LogP contribution is -2.27. The van der Waals surface area contributed by atoms with Crippen LogP contribution in [0.2, 0.25) is 0 Å². The van der Waals surface area contributed by atoms with E-state index in [1.54, 1.807) is 19.1 Å². The first-order valence-electron chi connectivity index (χ1n) is 4.65. The second-order valence-corrected chi connectivity index (χ2v) is 3.58. The summed E-state index contributed by atoms with van der Waals surface area (Å²) in [4.78, 5) is 12.9. The Hall–Kier alpha value is -1.16. The van der Waals surface area contributed by atoms with Crippen LogP contribution in [0.5, 0.6) is 5.75 Å². The Balaban J connectivity index is 2.67. The van der Waals surface area contributed by atoms with Crippen molar-refractivity contribution in [3.63, 3.8) is 0 Å². The van der Waals surface area contributed by atoms with Crippen molar-refractivity contribution in [3.8, 4) is 5.75 Å². The Morgan fingerprint density at radius 1 is 1.53 bits per heavy atom. The van der Waals surface area contributed by atoms with E-state index in [-0.39, 0.29) is 11.7 Å². The normalized spacial score (nSPS) is 9.80. The summed E-state index contributed by atoms with van der Waals surface area (Å²) in [7, 11) is 3.39. The van der Waals surface area contributed by atoms with Crippen LogP contribution < -0.4 is 4.74 Å². The molecule has 15 heavy (non-hydrogen) atoms. The van der Waals surface area contributed by atoms with Crippen LogP contribution in [0.15, 0.2) is 24.3 Å². The third-order valence-corrected chi connectivity index (χ3v) is 2.39. The van der Waals surface area contributed by atoms with Gasteiger partial charge in [-0.25, -0.2) is 0 Å². The van der Waals surface area contributed by atoms with E-state index in [9.17, 15) is 4.79 Å². The van der Waals surface area contributed by atoms with Crippen LogP contribution in [-0.2, 0) is 11.3 Å². The van der Waals surface area contributed by atoms with Crippen molar-refractivity contribution in [2.24, 2.45) is 0 Å². The molecule has 0 atom stereocenters. The smallest absolute Gasteiger partial charge is 0.232 e. The molecule has 0 unspecified atom stereocenters. The summed E-state index contributed by atoms with van der Waals surface area (Å²) in [5.41, 5.74) is 1.05. The number of ether oxygens (including phenoxy) is 1. The summed E-state index contributed by atoms with van der Waals surface area (Å²) in [5.74, 6) is 1.06. The minimum Gasteiger partial charge on any atom is -0.497 e. The van der Waals surface area contributed by atoms with Crippen molar-refractivity contribution in [2.45, 2.75) is 6.54 Å². The molecule has 0 aliphatic carbocycles. The van der Waals surface area contributed by atoms with Gasteiger partial charge in [0.15, 0.2) is 0 Å². The number of benzene rings is 1. The van der Waals surface area contributed by atoms with Crippen LogP contribution in [0.1, 0.15) is 5.56 Å². The first kappa shape index (κ1) is 11.9. The van der Waals surface area contributed by atoms with Gasteiger partial charge >= 0.3 is 0 Å². The minimum atomic E-state index is 0.0150. The van der Waals surface area contributed by atoms with E-state index in [1.807, 2.05) is 24.3 Å². The molecule has 0 saturated carbocycles. The van der Waals surface area contributed by atoms with E-state index in [2.05, 4.69) is 12.6 Å². The maximum Gasteiger partial charge on any atom is 0.232 e. The number of thiol groups is 1. The van der Waals surface area contributed by atoms with E-state index in [0.29, 0.717) is 6.54 Å². The predicted octanol–water partition coefficient (Wildman–Crippen LogP) is 1.58. The van der Waals surface area contributed by atoms with Gasteiger partial charge in [-0.2, -0.15) is 12.6 Å². The fourth-order valence-electron chi connectivity index (χ4n) is 1.25. The van der Waals surface area contributed by atoms with Crippen LogP contribution in [0.25, 0.3) is 0 Å². The fraction of sp³-hybridized carbons (Fsp3) is 0.364. The molecule has 0 fully saturated rings. The van der Waals surface area contributed by atoms with Crippen molar-refractivity contribution in [2.75, 3.05) is 19.9 Å². The van der Waals surface area contributed by atoms with E-state index in [0.717, 1.165) is 11.3 Å². The Morgan fingerprint density at radius 3 is 2.87 bits per heavy atom. The highest BCUT2D eigenvalue weighted by atomic mass is 32.1. The minimum absolute atomic E-state index is 0.0150. The molecule has 1 rings (SSSR count). The Labute approximate surface area is 95.4 Å². The zero-order chi connectivity index (χ0) is 11.3. The number of carbonyl (C=O) groups excluding carboxylic acids is 1. The highest BCUT2D eigenvalue weighted by molar-refractivity contribution is 7.81. The van der Waals surface area contributed by atoms with E-state index >= 15 is 0 Å². The van der Waals surface area contributed by atoms with E-state index in [4.69, 9.17) is 4.74 Å². The predicted molar refractivity (Wildman–Crippen MR) is 63.3 cm³/mol. The molecule has 0 aliphatic heterocycles. The van der Waals surface area contributed by atoms with Crippen molar-refractivity contribution in [3.05, 3.63) is 29.8 Å². The molecule has 1 aromatic carbocycles. The monoisotopic (exact) mass is 225 g/mol. The molecule has 4 heteroatoms. The number of rotatable bonds is 4. The summed E-state index contributed by atoms with van der Waals surface area (Å²) in [5, 5.41) is 0. The molecule has 1 aromatic rings. The zero-order valence-electron chi connectivity index (χ0n) is 8.93. The largest absolute Gasteiger partial charge is 0.497 e. The maximum atomic E-state index is 11.3. The van der Waals surface area contributed by atoms with Crippen molar-refractivity contribution in [1.29, 1.82) is 0 Å². The Bertz CT molecular complexity index is 341. The zero-order valence-corrected chi connectivity index (χ0v) is 9.83. The summed E-state index contributed by atoms with van der Waals surface area (Å²) >= 11 is 3.94. The lowest BCUT2D eigenvalue weighted by Gasteiger charge is -2.16. The van der Waals surface area contributed by atoms with Crippen molar-refractivity contribution < 1.29 is 9.53 Å². The van der Waals surface area contributed by atoms with Crippen molar-refractivity contribution >= 4 is 18.5 Å². The highest BCUT2D eigenvalue weighted by Crippen LogP contribution is 2.13. The molecule has 0 spiro atoms. The molecular weight excluding hydrogens is 210 g/mol. The molecule has 0 heterocycles. The molecule has 1 amide bonds. The summed E-state index contributed by atoms with van der Waals surface area (Å²) in [6.45, 7) is 0.580. The van der Waals surface area contributed by atoms with Crippen LogP contribution in [0, 0.1) is 0 Å². The van der Waals surface area contributed by atoms with Gasteiger partial charge in [-0.1, -0.05) is 12.1 Å². The number of hydrogen-bond donors (Lipinski definition) is 1. The van der Waals surface area contributed by atoms with Crippen LogP contribution in [0.4, 0.5) is 0 Å². The third-order valence-electron chi connectivity index (χ3n) is 2.11. The molecule has 0 aliphatic rings. The topological polar surface area (TPSA) is 29.5 Å². The van der Waals surface area contributed by atoms with Gasteiger partial charge in [0, 0.05) is 13.6 Å². The lowest BCUT2D eigenvalue weighted by molar-refractivity contribution is -0.127. The molecule has 0 aromatic heterocycles. The van der Waals surface area contributed by atoms with Gasteiger partial charge in [0.25, 0.3) is 0 Å². The van der Waals surface area contributed by atoms with Gasteiger partial charge < -0.3 is 9.64 Å². The number of nitrogens with zero attached hydrogens (tertiary/aromatic N) is 1. The fourth-order valence-corrected chi connectivity index (χ4v) is 1.49. The summed E-state index contributed by atoms with van der Waals surface area (Å²) in [6, 6.07) is 7.67. The molecular formula is C11H15NO2S. The molecule has 3 nitrogen and oxygen atoms in total. The van der Waals surface area contributed by atoms with E-state index < -0.39 is 0 Å². The quantitative estimate of drug-likeness (QED) is 0.788. The number of methoxy groups -OCH3 is 1. The third kappa shape index (κ3) is 3.47. The second kappa shape index (κ2) is 5.66. The SMILES string of the molecule is COc1cccc(CN(C)C(=O)CS)c1. The van der Waals surface area contributed by atoms with Gasteiger partial charge in [-0.15, -0.1) is 0 Å². The Morgan fingerprint density at radius 2 is 2.27 bits per heavy atom. The van der Waals surface area contributed by atoms with Gasteiger partial charge in [-0.3, -0.25) is 4.79 Å². The second-order valence-electron chi connectivity index (χ2n) is 3.26. The molecule has 0 N–H and O–H groups in total. The average Bonchev–Trinajstić information content (AvgIpc) is 2.28. The molecule has 0 radical (unpaired) electrons. The molecule has 0 saturated heterocycles. The van der Waals surface area contributed by atoms with Crippen LogP contribution >= 0.6 is 12.6 Å². The van der Waals surface area contributed by atoms with Gasteiger partial charge in [-0.05, 0) is 17.7 Å². The lowest BCUT2D eigenvalue weighted by atomic mass is 10.2. The molecule has 82 valence electrons. The average molecular weight is 225 g/mol. The highest BCUT2D eigenvalue weighted by Gasteiger charge is 2.06. The van der Waals surface area contributed by atoms with Crippen LogP contribution in [-0.4, -0.2) is 30.7 Å². The van der Waals surface area contributed by atoms with Crippen molar-refractivity contribution in [1.82, 2.24) is 4.90 Å². The standard InChI is InChI=1S/C11H15NO2S/c1-12(11(13)8-15)7-9-4-3-5-10(6-9)14-2/h3-6,15H,7-8H2,1-2H3. The Kier molecular flexibility index (Phi) is 4.49. The van der Waals surface area contributed by atoms with Gasteiger partial charge in [0.2, 0.25) is 5.91 Å².